The highest BCUT2D eigenvalue weighted by Crippen LogP contribution is 2.23. The summed E-state index contributed by atoms with van der Waals surface area (Å²) in [6.07, 6.45) is 7.19. The maximum atomic E-state index is 12.6. The molecule has 136 valence electrons. The maximum Gasteiger partial charge on any atom is 0.247 e. The highest BCUT2D eigenvalue weighted by atomic mass is 32.1. The van der Waals surface area contributed by atoms with Crippen molar-refractivity contribution < 1.29 is 4.79 Å². The van der Waals surface area contributed by atoms with Crippen molar-refractivity contribution >= 4 is 22.4 Å². The third-order valence-corrected chi connectivity index (χ3v) is 5.08. The average Bonchev–Trinajstić information content (AvgIpc) is 3.25. The number of carbonyl (C=O) groups is 1. The zero-order valence-electron chi connectivity index (χ0n) is 15.2. The molecule has 1 aromatic carbocycles. The molecule has 0 radical (unpaired) electrons. The second-order valence-corrected chi connectivity index (χ2v) is 7.26. The topological polar surface area (TPSA) is 71.8 Å². The number of hydrogen-bond acceptors (Lipinski definition) is 5. The predicted octanol–water partition coefficient (Wildman–Crippen LogP) is 2.93. The predicted molar refractivity (Wildman–Crippen MR) is 104 cm³/mol. The number of aryl methyl sites for hydroxylation is 2. The van der Waals surface area contributed by atoms with Crippen molar-refractivity contribution in [3.63, 3.8) is 0 Å². The minimum Gasteiger partial charge on any atom is -0.305 e. The van der Waals surface area contributed by atoms with E-state index in [4.69, 9.17) is 0 Å². The molecule has 1 amide bonds. The van der Waals surface area contributed by atoms with Crippen LogP contribution in [0.1, 0.15) is 34.5 Å². The van der Waals surface area contributed by atoms with Crippen LogP contribution in [0.3, 0.4) is 0 Å². The van der Waals surface area contributed by atoms with E-state index in [1.165, 1.54) is 22.5 Å². The number of anilines is 1. The van der Waals surface area contributed by atoms with Crippen LogP contribution in [0.4, 0.5) is 5.13 Å². The van der Waals surface area contributed by atoms with E-state index in [9.17, 15) is 4.79 Å². The Kier molecular flexibility index (Phi) is 5.80. The summed E-state index contributed by atoms with van der Waals surface area (Å²) in [5, 5.41) is 10.7. The van der Waals surface area contributed by atoms with Crippen LogP contribution in [0, 0.1) is 0 Å². The average molecular weight is 369 g/mol. The third kappa shape index (κ3) is 4.36. The second kappa shape index (κ2) is 8.25. The number of nitrogens with zero attached hydrogens (tertiary/aromatic N) is 3. The lowest BCUT2D eigenvalue weighted by molar-refractivity contribution is -0.118. The minimum absolute atomic E-state index is 0.144. The van der Waals surface area contributed by atoms with Crippen molar-refractivity contribution in [2.24, 2.45) is 7.05 Å². The number of carbonyl (C=O) groups excluding carboxylic acids is 1. The molecule has 3 aromatic rings. The number of amides is 1. The monoisotopic (exact) mass is 369 g/mol. The van der Waals surface area contributed by atoms with Gasteiger partial charge in [0.05, 0.1) is 6.20 Å². The first-order valence-corrected chi connectivity index (χ1v) is 9.40. The standard InChI is InChI=1S/C19H23N5OS/c1-4-13-6-5-7-14(8-13)9-16-11-21-19(26-16)23-18(25)17(20-2)15-10-22-24(3)12-15/h5-8,10-12,17,20H,4,9H2,1-3H3,(H,21,23,25). The fourth-order valence-electron chi connectivity index (χ4n) is 2.82. The Morgan fingerprint density at radius 2 is 2.12 bits per heavy atom. The van der Waals surface area contributed by atoms with E-state index in [-0.39, 0.29) is 5.91 Å². The largest absolute Gasteiger partial charge is 0.305 e. The van der Waals surface area contributed by atoms with Crippen molar-refractivity contribution in [3.8, 4) is 0 Å². The molecule has 2 aromatic heterocycles. The lowest BCUT2D eigenvalue weighted by atomic mass is 10.1. The molecule has 1 unspecified atom stereocenters. The lowest BCUT2D eigenvalue weighted by Crippen LogP contribution is -2.30. The Morgan fingerprint density at radius 1 is 1.31 bits per heavy atom. The number of likely N-dealkylation sites (N-methyl/N-ethyl adjacent to an activating group) is 1. The maximum absolute atomic E-state index is 12.6. The number of benzene rings is 1. The van der Waals surface area contributed by atoms with Gasteiger partial charge in [0.15, 0.2) is 5.13 Å². The molecule has 0 aliphatic heterocycles. The number of aromatic nitrogens is 3. The van der Waals surface area contributed by atoms with Crippen LogP contribution in [0.25, 0.3) is 0 Å². The normalized spacial score (nSPS) is 12.1. The highest BCUT2D eigenvalue weighted by Gasteiger charge is 2.21. The van der Waals surface area contributed by atoms with Crippen molar-refractivity contribution in [2.45, 2.75) is 25.8 Å². The first kappa shape index (κ1) is 18.3. The molecule has 1 atom stereocenters. The second-order valence-electron chi connectivity index (χ2n) is 6.14. The molecule has 0 aliphatic carbocycles. The molecule has 0 saturated carbocycles. The van der Waals surface area contributed by atoms with E-state index in [0.29, 0.717) is 5.13 Å². The van der Waals surface area contributed by atoms with Gasteiger partial charge in [0, 0.05) is 36.3 Å². The summed E-state index contributed by atoms with van der Waals surface area (Å²) >= 11 is 1.51. The Bertz CT molecular complexity index is 885. The van der Waals surface area contributed by atoms with Crippen molar-refractivity contribution in [1.29, 1.82) is 0 Å². The Balaban J connectivity index is 1.66. The molecule has 6 nitrogen and oxygen atoms in total. The molecular formula is C19H23N5OS. The van der Waals surface area contributed by atoms with Crippen molar-refractivity contribution in [1.82, 2.24) is 20.1 Å². The summed E-state index contributed by atoms with van der Waals surface area (Å²) in [7, 11) is 3.58. The van der Waals surface area contributed by atoms with Gasteiger partial charge in [-0.3, -0.25) is 9.48 Å². The van der Waals surface area contributed by atoms with Gasteiger partial charge in [0.1, 0.15) is 6.04 Å². The van der Waals surface area contributed by atoms with Crippen LogP contribution < -0.4 is 10.6 Å². The van der Waals surface area contributed by atoms with Gasteiger partial charge in [-0.25, -0.2) is 4.98 Å². The molecule has 0 saturated heterocycles. The van der Waals surface area contributed by atoms with Crippen LogP contribution in [0.15, 0.2) is 42.9 Å². The SMILES string of the molecule is CCc1cccc(Cc2cnc(NC(=O)C(NC)c3cnn(C)c3)s2)c1. The molecule has 26 heavy (non-hydrogen) atoms. The van der Waals surface area contributed by atoms with Gasteiger partial charge < -0.3 is 10.6 Å². The van der Waals surface area contributed by atoms with Gasteiger partial charge in [0.25, 0.3) is 0 Å². The van der Waals surface area contributed by atoms with Crippen LogP contribution in [0.5, 0.6) is 0 Å². The van der Waals surface area contributed by atoms with E-state index in [1.54, 1.807) is 17.9 Å². The number of nitrogens with one attached hydrogen (secondary N) is 2. The summed E-state index contributed by atoms with van der Waals surface area (Å²) in [6, 6.07) is 8.10. The molecule has 0 bridgehead atoms. The number of rotatable bonds is 7. The first-order chi connectivity index (χ1) is 12.6. The van der Waals surface area contributed by atoms with Crippen molar-refractivity contribution in [3.05, 3.63) is 64.4 Å². The van der Waals surface area contributed by atoms with E-state index in [0.717, 1.165) is 23.3 Å². The van der Waals surface area contributed by atoms with Gasteiger partial charge in [-0.1, -0.05) is 31.2 Å². The van der Waals surface area contributed by atoms with Gasteiger partial charge in [-0.05, 0) is 24.6 Å². The first-order valence-electron chi connectivity index (χ1n) is 8.58. The van der Waals surface area contributed by atoms with Crippen LogP contribution in [0.2, 0.25) is 0 Å². The van der Waals surface area contributed by atoms with E-state index < -0.39 is 6.04 Å². The Labute approximate surface area is 157 Å². The van der Waals surface area contributed by atoms with Gasteiger partial charge in [-0.15, -0.1) is 11.3 Å². The van der Waals surface area contributed by atoms with E-state index in [2.05, 4.69) is 51.9 Å². The smallest absolute Gasteiger partial charge is 0.247 e. The third-order valence-electron chi connectivity index (χ3n) is 4.17. The minimum atomic E-state index is -0.461. The zero-order valence-corrected chi connectivity index (χ0v) is 16.0. The summed E-state index contributed by atoms with van der Waals surface area (Å²) in [6.45, 7) is 2.15. The summed E-state index contributed by atoms with van der Waals surface area (Å²) in [5.74, 6) is -0.144. The number of hydrogen-bond donors (Lipinski definition) is 2. The van der Waals surface area contributed by atoms with Gasteiger partial charge in [0.2, 0.25) is 5.91 Å². The van der Waals surface area contributed by atoms with E-state index in [1.807, 2.05) is 19.4 Å². The molecule has 2 N–H and O–H groups in total. The highest BCUT2D eigenvalue weighted by molar-refractivity contribution is 7.15. The molecule has 0 spiro atoms. The Morgan fingerprint density at radius 3 is 2.81 bits per heavy atom. The number of thiazole rings is 1. The molecule has 2 heterocycles. The quantitative estimate of drug-likeness (QED) is 0.672. The summed E-state index contributed by atoms with van der Waals surface area (Å²) in [4.78, 5) is 18.0. The molecule has 0 aliphatic rings. The Hall–Kier alpha value is -2.51. The van der Waals surface area contributed by atoms with Gasteiger partial charge in [-0.2, -0.15) is 5.10 Å². The van der Waals surface area contributed by atoms with Crippen molar-refractivity contribution in [2.75, 3.05) is 12.4 Å². The summed E-state index contributed by atoms with van der Waals surface area (Å²) in [5.41, 5.74) is 3.41. The fourth-order valence-corrected chi connectivity index (χ4v) is 3.67. The summed E-state index contributed by atoms with van der Waals surface area (Å²) < 4.78 is 1.68. The molecule has 0 fully saturated rings. The van der Waals surface area contributed by atoms with Gasteiger partial charge >= 0.3 is 0 Å². The molecular weight excluding hydrogens is 346 g/mol. The van der Waals surface area contributed by atoms with E-state index >= 15 is 0 Å². The fraction of sp³-hybridized carbons (Fsp3) is 0.316. The van der Waals surface area contributed by atoms with Crippen LogP contribution in [-0.2, 0) is 24.7 Å². The van der Waals surface area contributed by atoms with Crippen LogP contribution in [-0.4, -0.2) is 27.7 Å². The van der Waals surface area contributed by atoms with Crippen LogP contribution >= 0.6 is 11.3 Å². The zero-order chi connectivity index (χ0) is 18.5. The lowest BCUT2D eigenvalue weighted by Gasteiger charge is -2.12. The molecule has 3 rings (SSSR count). The molecule has 7 heteroatoms.